The van der Waals surface area contributed by atoms with Crippen LogP contribution in [0.2, 0.25) is 20.1 Å². The Morgan fingerprint density at radius 3 is 1.39 bits per heavy atom. The summed E-state index contributed by atoms with van der Waals surface area (Å²) in [5.74, 6) is 2.44. The van der Waals surface area contributed by atoms with Crippen molar-refractivity contribution in [3.63, 3.8) is 0 Å². The number of nitrogens with one attached hydrogen (secondary N) is 4. The number of aromatic amines is 1. The lowest BCUT2D eigenvalue weighted by Crippen LogP contribution is -2.13. The molecule has 27 heteroatoms. The molecule has 2 amide bonds. The van der Waals surface area contributed by atoms with E-state index in [9.17, 15) is 54.9 Å². The lowest BCUT2D eigenvalue weighted by molar-refractivity contribution is -0.114. The van der Waals surface area contributed by atoms with Gasteiger partial charge in [-0.2, -0.15) is 15.3 Å². The molecule has 2 aliphatic heterocycles. The van der Waals surface area contributed by atoms with Crippen LogP contribution in [0, 0.1) is 19.4 Å². The molecule has 0 radical (unpaired) electrons. The SMILES string of the molecule is Cc1cc2c(C(C)C)c(O)c(O)c(/C=N/N=C3\C(=O)Nc4ccc(Cl)cc43)c2c(O)c1-c1c(C)cc2c(C(C)C)c(O)c(O)c(/C=N/N=C3/C(=O)Nc4ccc(Cl)cc43)c2c1O.N=Nc1c(O)[nH]c2ccc(Cl)cc12.NN.O.O=C1Cc2ccc(Cl)cc2C1=O. The number of hydrazine groups is 1. The van der Waals surface area contributed by atoms with Gasteiger partial charge in [-0.1, -0.05) is 92.3 Å². The van der Waals surface area contributed by atoms with Gasteiger partial charge in [0.15, 0.2) is 40.1 Å². The minimum atomic E-state index is -0.614. The molecule has 0 saturated heterocycles. The van der Waals surface area contributed by atoms with Crippen molar-refractivity contribution in [2.75, 3.05) is 10.6 Å². The van der Waals surface area contributed by atoms with Crippen LogP contribution in [0.3, 0.4) is 0 Å². The van der Waals surface area contributed by atoms with Crippen LogP contribution in [0.4, 0.5) is 17.1 Å². The highest BCUT2D eigenvalue weighted by atomic mass is 35.5. The van der Waals surface area contributed by atoms with Crippen LogP contribution in [0.5, 0.6) is 40.4 Å². The number of hydrogen-bond donors (Lipinski definition) is 13. The van der Waals surface area contributed by atoms with Crippen molar-refractivity contribution in [3.05, 3.63) is 161 Å². The predicted octanol–water partition coefficient (Wildman–Crippen LogP) is 12.4. The summed E-state index contributed by atoms with van der Waals surface area (Å²) < 4.78 is 0. The lowest BCUT2D eigenvalue weighted by atomic mass is 9.83. The molecular formula is C63H55Cl4N11O12. The minimum Gasteiger partial charge on any atom is -0.507 e. The van der Waals surface area contributed by atoms with Crippen molar-refractivity contribution in [2.24, 2.45) is 37.2 Å². The minimum absolute atomic E-state index is 0. The predicted molar refractivity (Wildman–Crippen MR) is 349 cm³/mol. The number of benzene rings is 8. The van der Waals surface area contributed by atoms with Crippen LogP contribution < -0.4 is 22.3 Å². The number of phenolic OH excluding ortho intramolecular Hbond substituents is 6. The second-order valence-electron chi connectivity index (χ2n) is 21.1. The molecule has 23 nitrogen and oxygen atoms in total. The van der Waals surface area contributed by atoms with Gasteiger partial charge in [-0.15, -0.1) is 10.2 Å². The van der Waals surface area contributed by atoms with E-state index < -0.39 is 52.1 Å². The van der Waals surface area contributed by atoms with Crippen LogP contribution in [0.25, 0.3) is 43.6 Å². The van der Waals surface area contributed by atoms with E-state index in [4.69, 9.17) is 51.9 Å². The molecule has 1 aliphatic carbocycles. The maximum absolute atomic E-state index is 12.8. The molecule has 0 atom stereocenters. The van der Waals surface area contributed by atoms with E-state index in [-0.39, 0.29) is 85.5 Å². The number of carbonyl (C=O) groups excluding carboxylic acids is 4. The Labute approximate surface area is 531 Å². The number of rotatable bonds is 8. The van der Waals surface area contributed by atoms with E-state index in [0.29, 0.717) is 92.1 Å². The summed E-state index contributed by atoms with van der Waals surface area (Å²) in [6.07, 6.45) is 2.45. The van der Waals surface area contributed by atoms with Gasteiger partial charge in [0.2, 0.25) is 17.4 Å². The van der Waals surface area contributed by atoms with Crippen LogP contribution in [0.1, 0.15) is 100.0 Å². The van der Waals surface area contributed by atoms with Gasteiger partial charge in [0.25, 0.3) is 11.8 Å². The number of anilines is 2. The number of amides is 2. The number of carbonyl (C=O) groups is 4. The summed E-state index contributed by atoms with van der Waals surface area (Å²) in [6, 6.07) is 23.0. The van der Waals surface area contributed by atoms with Crippen molar-refractivity contribution in [1.82, 2.24) is 4.98 Å². The topological polar surface area (TPSA) is 419 Å². The molecule has 0 spiro atoms. The standard InChI is InChI=1S/C46H38Cl2N6O8.C9H5ClO2.C8H6ClN3O.H4N2.H2O/c1-17(2)31-25-11-19(5)33(41(57)35(25)27(39(55)43(31)59)15-49-53-37-23-13-21(47)7-9-29(23)51-45(37)61)34-20(6)12-26-32(18(3)4)44(60)40(56)28(36(26)42(34)58)16-50-54-38-24-14-22(48)8-10-30(24)52-46(38)62;10-6-2-1-5-3-8(11)9(12)7(5)4-6;9-4-1-2-6-5(3-4)7(12-10)8(13)11-6;1-2;/h7-18,55-60H,1-6H3,(H,51,53,61)(H,52,54,62);1-2,4H,3H2;1-3,10-11,13H;1-2H2;1H2/b49-15+,50-16+;;;;. The first-order chi connectivity index (χ1) is 42.3. The van der Waals surface area contributed by atoms with Gasteiger partial charge >= 0.3 is 0 Å². The molecule has 0 fully saturated rings. The van der Waals surface area contributed by atoms with Crippen molar-refractivity contribution in [3.8, 4) is 51.5 Å². The summed E-state index contributed by atoms with van der Waals surface area (Å²) in [6.45, 7) is 10.6. The number of ketones is 2. The second kappa shape index (κ2) is 26.4. The average Bonchev–Trinajstić information content (AvgIpc) is 1.09. The van der Waals surface area contributed by atoms with E-state index in [0.717, 1.165) is 18.0 Å². The Morgan fingerprint density at radius 1 is 0.544 bits per heavy atom. The lowest BCUT2D eigenvalue weighted by Gasteiger charge is -2.23. The van der Waals surface area contributed by atoms with Crippen LogP contribution in [0.15, 0.2) is 110 Å². The van der Waals surface area contributed by atoms with Gasteiger partial charge in [-0.3, -0.25) is 30.9 Å². The third-order valence-electron chi connectivity index (χ3n) is 14.8. The average molecular weight is 1300 g/mol. The number of aromatic hydroxyl groups is 7. The summed E-state index contributed by atoms with van der Waals surface area (Å²) in [4.78, 5) is 50.4. The number of Topliss-reactive ketones (excluding diaryl/α,β-unsaturated/α-hetero) is 2. The Bertz CT molecular complexity index is 4470. The highest BCUT2D eigenvalue weighted by Crippen LogP contribution is 2.54. The van der Waals surface area contributed by atoms with E-state index >= 15 is 0 Å². The normalized spacial score (nSPS) is 14.0. The first-order valence-corrected chi connectivity index (χ1v) is 28.3. The van der Waals surface area contributed by atoms with E-state index in [1.165, 1.54) is 0 Å². The van der Waals surface area contributed by atoms with Crippen LogP contribution in [-0.4, -0.2) is 93.4 Å². The zero-order chi connectivity index (χ0) is 64.8. The fourth-order valence-electron chi connectivity index (χ4n) is 10.9. The van der Waals surface area contributed by atoms with Gasteiger partial charge in [-0.05, 0) is 120 Å². The molecule has 1 aromatic heterocycles. The first kappa shape index (κ1) is 66.0. The molecule has 9 aromatic rings. The van der Waals surface area contributed by atoms with Crippen LogP contribution in [-0.2, 0) is 20.8 Å². The third kappa shape index (κ3) is 12.0. The molecule has 3 aliphatic rings. The number of hydrogen-bond acceptors (Lipinski definition) is 19. The van der Waals surface area contributed by atoms with Gasteiger partial charge in [0.1, 0.15) is 11.5 Å². The summed E-state index contributed by atoms with van der Waals surface area (Å²) in [5.41, 5.74) is 12.3. The maximum Gasteiger partial charge on any atom is 0.276 e. The Morgan fingerprint density at radius 2 is 0.956 bits per heavy atom. The fraction of sp³-hybridized carbons (Fsp3) is 0.143. The van der Waals surface area contributed by atoms with Crippen molar-refractivity contribution in [1.29, 1.82) is 5.53 Å². The van der Waals surface area contributed by atoms with Crippen molar-refractivity contribution >= 4 is 143 Å². The highest BCUT2D eigenvalue weighted by molar-refractivity contribution is 6.55. The summed E-state index contributed by atoms with van der Waals surface area (Å²) in [7, 11) is 0. The molecule has 17 N–H and O–H groups in total. The molecule has 0 unspecified atom stereocenters. The molecule has 462 valence electrons. The number of halogens is 4. The van der Waals surface area contributed by atoms with Gasteiger partial charge < -0.3 is 56.8 Å². The van der Waals surface area contributed by atoms with E-state index in [2.05, 4.69) is 52.8 Å². The zero-order valence-corrected chi connectivity index (χ0v) is 51.3. The molecule has 0 saturated carbocycles. The number of fused-ring (bicyclic) bond motifs is 6. The van der Waals surface area contributed by atoms with Crippen molar-refractivity contribution in [2.45, 2.75) is 59.8 Å². The van der Waals surface area contributed by atoms with E-state index in [1.807, 2.05) is 27.7 Å². The second-order valence-corrected chi connectivity index (χ2v) is 22.8. The third-order valence-corrected chi connectivity index (χ3v) is 15.8. The monoisotopic (exact) mass is 1300 g/mol. The fourth-order valence-corrected chi connectivity index (χ4v) is 11.6. The zero-order valence-electron chi connectivity index (χ0n) is 48.3. The van der Waals surface area contributed by atoms with Crippen molar-refractivity contribution < 1.29 is 60.4 Å². The molecular weight excluding hydrogens is 1240 g/mol. The number of nitrogens with two attached hydrogens (primary N) is 2. The Balaban J connectivity index is 0.000000304. The Hall–Kier alpha value is -9.98. The smallest absolute Gasteiger partial charge is 0.276 e. The summed E-state index contributed by atoms with van der Waals surface area (Å²) in [5, 5.41) is 108. The van der Waals surface area contributed by atoms with Crippen LogP contribution >= 0.6 is 46.4 Å². The maximum atomic E-state index is 12.8. The Kier molecular flexibility index (Phi) is 19.3. The molecule has 90 heavy (non-hydrogen) atoms. The van der Waals surface area contributed by atoms with E-state index in [1.54, 1.807) is 98.8 Å². The number of aromatic nitrogens is 1. The first-order valence-electron chi connectivity index (χ1n) is 26.8. The number of aryl methyl sites for hydroxylation is 2. The van der Waals surface area contributed by atoms with Gasteiger partial charge in [0, 0.05) is 81.6 Å². The quantitative estimate of drug-likeness (QED) is 0.0168. The highest BCUT2D eigenvalue weighted by Gasteiger charge is 2.32. The molecule has 8 aromatic carbocycles. The summed E-state index contributed by atoms with van der Waals surface area (Å²) >= 11 is 23.8. The number of H-pyrrole nitrogens is 1. The molecule has 3 heterocycles. The van der Waals surface area contributed by atoms with Gasteiger partial charge in [-0.25, -0.2) is 5.53 Å². The van der Waals surface area contributed by atoms with Gasteiger partial charge in [0.05, 0.1) is 40.4 Å². The molecule has 0 bridgehead atoms. The largest absolute Gasteiger partial charge is 0.507 e. The number of nitrogens with zero attached hydrogens (tertiary/aromatic N) is 5. The number of phenols is 6. The molecule has 12 rings (SSSR count).